The predicted octanol–water partition coefficient (Wildman–Crippen LogP) is 1.59. The highest BCUT2D eigenvalue weighted by atomic mass is 31.2. The van der Waals surface area contributed by atoms with Crippen molar-refractivity contribution in [1.82, 2.24) is 0 Å². The van der Waals surface area contributed by atoms with E-state index in [9.17, 15) is 4.57 Å². The van der Waals surface area contributed by atoms with Crippen LogP contribution in [0.2, 0.25) is 0 Å². The van der Waals surface area contributed by atoms with E-state index in [1.807, 2.05) is 0 Å². The van der Waals surface area contributed by atoms with Gasteiger partial charge in [0.1, 0.15) is 0 Å². The minimum atomic E-state index is -3.00. The molecule has 4 nitrogen and oxygen atoms in total. The third-order valence-electron chi connectivity index (χ3n) is 0.888. The van der Waals surface area contributed by atoms with Gasteiger partial charge in [0.25, 0.3) is 0 Å². The summed E-state index contributed by atoms with van der Waals surface area (Å²) in [6.45, 7) is 0. The normalized spacial score (nSPS) is 12.3. The van der Waals surface area contributed by atoms with E-state index in [4.69, 9.17) is 0 Å². The van der Waals surface area contributed by atoms with E-state index in [-0.39, 0.29) is 0 Å². The van der Waals surface area contributed by atoms with Crippen molar-refractivity contribution in [2.24, 2.45) is 0 Å². The maximum atomic E-state index is 11.1. The van der Waals surface area contributed by atoms with Crippen molar-refractivity contribution >= 4 is 7.60 Å². The molecule has 0 spiro atoms. The van der Waals surface area contributed by atoms with Crippen LogP contribution in [0.5, 0.6) is 0 Å². The molecule has 0 atom stereocenters. The minimum Gasteiger partial charge on any atom is -0.504 e. The molecule has 0 amide bonds. The van der Waals surface area contributed by atoms with Gasteiger partial charge in [-0.05, 0) is 0 Å². The molecule has 0 aromatic carbocycles. The van der Waals surface area contributed by atoms with Gasteiger partial charge in [-0.25, -0.2) is 0 Å². The van der Waals surface area contributed by atoms with Crippen LogP contribution in [0.15, 0.2) is 12.1 Å². The molecule has 0 N–H and O–H groups in total. The Kier molecular flexibility index (Phi) is 4.36. The van der Waals surface area contributed by atoms with Crippen molar-refractivity contribution < 1.29 is 18.3 Å². The Morgan fingerprint density at radius 3 is 2.00 bits per heavy atom. The first-order chi connectivity index (χ1) is 4.68. The molecule has 0 unspecified atom stereocenters. The standard InChI is InChI=1S/C5H11O4P/c1-7-4-5-10(6,8-2)9-3/h4-5H,1-3H3/b5-4+. The lowest BCUT2D eigenvalue weighted by Crippen LogP contribution is -1.83. The number of hydrogen-bond acceptors (Lipinski definition) is 4. The molecule has 0 aliphatic carbocycles. The molecular formula is C5H11O4P. The van der Waals surface area contributed by atoms with E-state index in [0.717, 1.165) is 0 Å². The summed E-state index contributed by atoms with van der Waals surface area (Å²) in [5.74, 6) is 1.24. The minimum absolute atomic E-state index is 1.24. The summed E-state index contributed by atoms with van der Waals surface area (Å²) < 4.78 is 24.7. The van der Waals surface area contributed by atoms with Crippen molar-refractivity contribution in [3.8, 4) is 0 Å². The van der Waals surface area contributed by atoms with E-state index >= 15 is 0 Å². The summed E-state index contributed by atoms with van der Waals surface area (Å²) in [6, 6.07) is 0. The Morgan fingerprint density at radius 1 is 1.20 bits per heavy atom. The smallest absolute Gasteiger partial charge is 0.356 e. The maximum Gasteiger partial charge on any atom is 0.356 e. The number of rotatable bonds is 4. The fourth-order valence-corrected chi connectivity index (χ4v) is 0.995. The van der Waals surface area contributed by atoms with Crippen LogP contribution < -0.4 is 0 Å². The van der Waals surface area contributed by atoms with E-state index in [0.29, 0.717) is 0 Å². The van der Waals surface area contributed by atoms with E-state index in [1.165, 1.54) is 33.4 Å². The topological polar surface area (TPSA) is 44.8 Å². The predicted molar refractivity (Wildman–Crippen MR) is 37.8 cm³/mol. The van der Waals surface area contributed by atoms with Gasteiger partial charge in [0.2, 0.25) is 0 Å². The number of hydrogen-bond donors (Lipinski definition) is 0. The fraction of sp³-hybridized carbons (Fsp3) is 0.600. The summed E-state index contributed by atoms with van der Waals surface area (Å²) in [5, 5.41) is 0. The lowest BCUT2D eigenvalue weighted by Gasteiger charge is -2.06. The Balaban J connectivity index is 4.07. The highest BCUT2D eigenvalue weighted by Crippen LogP contribution is 2.47. The van der Waals surface area contributed by atoms with Gasteiger partial charge in [-0.2, -0.15) is 0 Å². The largest absolute Gasteiger partial charge is 0.504 e. The van der Waals surface area contributed by atoms with Crippen LogP contribution in [0.1, 0.15) is 0 Å². The highest BCUT2D eigenvalue weighted by molar-refractivity contribution is 7.57. The van der Waals surface area contributed by atoms with Crippen LogP contribution in [-0.2, 0) is 18.3 Å². The zero-order valence-electron chi connectivity index (χ0n) is 6.23. The molecule has 0 fully saturated rings. The third-order valence-corrected chi connectivity index (χ3v) is 2.39. The lowest BCUT2D eigenvalue weighted by molar-refractivity contribution is 0.283. The zero-order chi connectivity index (χ0) is 8.04. The first-order valence-electron chi connectivity index (χ1n) is 2.60. The zero-order valence-corrected chi connectivity index (χ0v) is 7.13. The molecule has 0 rings (SSSR count). The molecule has 5 heteroatoms. The average Bonchev–Trinajstić information content (AvgIpc) is 2.00. The van der Waals surface area contributed by atoms with Crippen LogP contribution in [0.4, 0.5) is 0 Å². The van der Waals surface area contributed by atoms with Gasteiger partial charge in [0.15, 0.2) is 0 Å². The van der Waals surface area contributed by atoms with Crippen LogP contribution in [0.3, 0.4) is 0 Å². The molecule has 0 aromatic heterocycles. The summed E-state index contributed by atoms with van der Waals surface area (Å²) in [6.07, 6.45) is 1.26. The molecule has 0 saturated carbocycles. The molecule has 0 saturated heterocycles. The molecule has 0 heterocycles. The van der Waals surface area contributed by atoms with Gasteiger partial charge in [0, 0.05) is 14.2 Å². The molecule has 0 aliphatic rings. The van der Waals surface area contributed by atoms with E-state index < -0.39 is 7.60 Å². The van der Waals surface area contributed by atoms with E-state index in [2.05, 4.69) is 13.8 Å². The summed E-state index contributed by atoms with van der Waals surface area (Å²) in [5.41, 5.74) is 0. The van der Waals surface area contributed by atoms with Gasteiger partial charge < -0.3 is 13.8 Å². The maximum absolute atomic E-state index is 11.1. The molecule has 10 heavy (non-hydrogen) atoms. The second kappa shape index (κ2) is 4.50. The fourth-order valence-electron chi connectivity index (χ4n) is 0.332. The second-order valence-corrected chi connectivity index (χ2v) is 3.53. The molecule has 0 aliphatic heterocycles. The van der Waals surface area contributed by atoms with Gasteiger partial charge >= 0.3 is 7.60 Å². The van der Waals surface area contributed by atoms with Gasteiger partial charge in [-0.15, -0.1) is 0 Å². The third kappa shape index (κ3) is 3.01. The molecule has 0 radical (unpaired) electrons. The molecule has 0 aromatic rings. The van der Waals surface area contributed by atoms with Gasteiger partial charge in [0.05, 0.1) is 19.2 Å². The van der Waals surface area contributed by atoms with Crippen molar-refractivity contribution in [3.63, 3.8) is 0 Å². The monoisotopic (exact) mass is 166 g/mol. The van der Waals surface area contributed by atoms with Crippen LogP contribution >= 0.6 is 7.60 Å². The summed E-state index contributed by atoms with van der Waals surface area (Å²) >= 11 is 0. The number of methoxy groups -OCH3 is 1. The van der Waals surface area contributed by atoms with Crippen LogP contribution in [0.25, 0.3) is 0 Å². The van der Waals surface area contributed by atoms with Gasteiger partial charge in [-0.3, -0.25) is 4.57 Å². The Labute approximate surface area is 60.3 Å². The van der Waals surface area contributed by atoms with Crippen molar-refractivity contribution in [2.75, 3.05) is 21.3 Å². The lowest BCUT2D eigenvalue weighted by atomic mass is 11.1. The van der Waals surface area contributed by atoms with Crippen LogP contribution in [0, 0.1) is 0 Å². The summed E-state index contributed by atoms with van der Waals surface area (Å²) in [4.78, 5) is 0. The summed E-state index contributed by atoms with van der Waals surface area (Å²) in [7, 11) is 1.07. The Morgan fingerprint density at radius 2 is 1.70 bits per heavy atom. The van der Waals surface area contributed by atoms with Crippen LogP contribution in [-0.4, -0.2) is 21.3 Å². The Hall–Kier alpha value is -0.310. The SMILES string of the molecule is CO/C=C/P(=O)(OC)OC. The first kappa shape index (κ1) is 9.69. The average molecular weight is 166 g/mol. The number of ether oxygens (including phenoxy) is 1. The highest BCUT2D eigenvalue weighted by Gasteiger charge is 2.15. The molecule has 60 valence electrons. The van der Waals surface area contributed by atoms with Crippen molar-refractivity contribution in [2.45, 2.75) is 0 Å². The molecule has 0 bridgehead atoms. The van der Waals surface area contributed by atoms with Crippen molar-refractivity contribution in [1.29, 1.82) is 0 Å². The van der Waals surface area contributed by atoms with E-state index in [1.54, 1.807) is 0 Å². The van der Waals surface area contributed by atoms with Gasteiger partial charge in [-0.1, -0.05) is 0 Å². The first-order valence-corrected chi connectivity index (χ1v) is 4.21. The Bertz CT molecular complexity index is 146. The van der Waals surface area contributed by atoms with Crippen molar-refractivity contribution in [3.05, 3.63) is 12.1 Å². The second-order valence-electron chi connectivity index (χ2n) is 1.43. The quantitative estimate of drug-likeness (QED) is 0.470. The molecular weight excluding hydrogens is 155 g/mol.